The first-order valence-corrected chi connectivity index (χ1v) is 6.99. The molecule has 0 atom stereocenters. The van der Waals surface area contributed by atoms with Gasteiger partial charge in [-0.15, -0.1) is 0 Å². The van der Waals surface area contributed by atoms with Crippen molar-refractivity contribution in [3.63, 3.8) is 0 Å². The summed E-state index contributed by atoms with van der Waals surface area (Å²) in [5, 5.41) is 0. The second-order valence-electron chi connectivity index (χ2n) is 5.25. The minimum atomic E-state index is 0.240. The molecule has 3 nitrogen and oxygen atoms in total. The van der Waals surface area contributed by atoms with Crippen molar-refractivity contribution in [2.75, 3.05) is 11.4 Å². The van der Waals surface area contributed by atoms with Crippen LogP contribution in [0.25, 0.3) is 0 Å². The molecule has 0 N–H and O–H groups in total. The van der Waals surface area contributed by atoms with Gasteiger partial charge in [0.05, 0.1) is 11.4 Å². The summed E-state index contributed by atoms with van der Waals surface area (Å²) in [5.74, 6) is 1.13. The summed E-state index contributed by atoms with van der Waals surface area (Å²) < 4.78 is 5.91. The number of benzene rings is 2. The number of hydrogen-bond acceptors (Lipinski definition) is 3. The highest BCUT2D eigenvalue weighted by molar-refractivity contribution is 6.04. The SMILES string of the molecule is O=C1CCCN2c3ccccc3OCc3cccc1c32. The molecule has 2 aliphatic heterocycles. The van der Waals surface area contributed by atoms with Crippen molar-refractivity contribution in [1.82, 2.24) is 0 Å². The average molecular weight is 265 g/mol. The van der Waals surface area contributed by atoms with Crippen molar-refractivity contribution in [3.05, 3.63) is 53.6 Å². The minimum absolute atomic E-state index is 0.240. The highest BCUT2D eigenvalue weighted by atomic mass is 16.5. The number of rotatable bonds is 0. The van der Waals surface area contributed by atoms with Crippen LogP contribution in [-0.2, 0) is 6.61 Å². The monoisotopic (exact) mass is 265 g/mol. The average Bonchev–Trinajstić information content (AvgIpc) is 2.75. The van der Waals surface area contributed by atoms with Crippen LogP contribution >= 0.6 is 0 Å². The van der Waals surface area contributed by atoms with E-state index < -0.39 is 0 Å². The third-order valence-electron chi connectivity index (χ3n) is 4.01. The molecule has 0 saturated carbocycles. The van der Waals surface area contributed by atoms with Crippen molar-refractivity contribution in [2.24, 2.45) is 0 Å². The molecule has 100 valence electrons. The molecule has 0 bridgehead atoms. The number of para-hydroxylation sites is 3. The van der Waals surface area contributed by atoms with Crippen molar-refractivity contribution < 1.29 is 9.53 Å². The molecule has 0 amide bonds. The van der Waals surface area contributed by atoms with Crippen LogP contribution in [0.2, 0.25) is 0 Å². The van der Waals surface area contributed by atoms with Gasteiger partial charge in [0.15, 0.2) is 5.78 Å². The lowest BCUT2D eigenvalue weighted by molar-refractivity contribution is 0.0983. The summed E-state index contributed by atoms with van der Waals surface area (Å²) in [5.41, 5.74) is 4.03. The van der Waals surface area contributed by atoms with E-state index in [-0.39, 0.29) is 5.78 Å². The van der Waals surface area contributed by atoms with E-state index in [4.69, 9.17) is 4.74 Å². The van der Waals surface area contributed by atoms with Gasteiger partial charge in [-0.3, -0.25) is 4.79 Å². The maximum Gasteiger partial charge on any atom is 0.165 e. The van der Waals surface area contributed by atoms with Crippen LogP contribution in [0.4, 0.5) is 11.4 Å². The van der Waals surface area contributed by atoms with Gasteiger partial charge in [0.25, 0.3) is 0 Å². The molecule has 2 aromatic carbocycles. The van der Waals surface area contributed by atoms with Gasteiger partial charge >= 0.3 is 0 Å². The number of carbonyl (C=O) groups is 1. The molecule has 3 heteroatoms. The lowest BCUT2D eigenvalue weighted by Gasteiger charge is -2.25. The second kappa shape index (κ2) is 4.37. The molecule has 0 saturated heterocycles. The first-order valence-electron chi connectivity index (χ1n) is 6.99. The Morgan fingerprint density at radius 2 is 1.95 bits per heavy atom. The van der Waals surface area contributed by atoms with Crippen molar-refractivity contribution in [3.8, 4) is 5.75 Å². The molecule has 2 heterocycles. The molecule has 0 fully saturated rings. The zero-order chi connectivity index (χ0) is 13.5. The second-order valence-corrected chi connectivity index (χ2v) is 5.25. The molecule has 0 spiro atoms. The molecular formula is C17H15NO2. The largest absolute Gasteiger partial charge is 0.487 e. The Labute approximate surface area is 117 Å². The third kappa shape index (κ3) is 1.63. The normalized spacial score (nSPS) is 16.6. The summed E-state index contributed by atoms with van der Waals surface area (Å²) >= 11 is 0. The Morgan fingerprint density at radius 3 is 2.90 bits per heavy atom. The van der Waals surface area contributed by atoms with Gasteiger partial charge in [-0.05, 0) is 24.6 Å². The maximum atomic E-state index is 12.3. The fraction of sp³-hybridized carbons (Fsp3) is 0.235. The lowest BCUT2D eigenvalue weighted by atomic mass is 10.0. The molecule has 2 aliphatic rings. The molecular weight excluding hydrogens is 250 g/mol. The summed E-state index contributed by atoms with van der Waals surface area (Å²) in [7, 11) is 0. The molecule has 0 unspecified atom stereocenters. The van der Waals surface area contributed by atoms with Crippen LogP contribution in [0.3, 0.4) is 0 Å². The predicted octanol–water partition coefficient (Wildman–Crippen LogP) is 3.69. The molecule has 0 radical (unpaired) electrons. The summed E-state index contributed by atoms with van der Waals surface area (Å²) in [6.07, 6.45) is 1.50. The number of ketones is 1. The number of nitrogens with zero attached hydrogens (tertiary/aromatic N) is 1. The van der Waals surface area contributed by atoms with E-state index in [0.29, 0.717) is 13.0 Å². The first-order chi connectivity index (χ1) is 9.84. The van der Waals surface area contributed by atoms with Crippen molar-refractivity contribution in [1.29, 1.82) is 0 Å². The Kier molecular flexibility index (Phi) is 2.52. The van der Waals surface area contributed by atoms with Crippen LogP contribution in [0.15, 0.2) is 42.5 Å². The molecule has 2 aromatic rings. The molecule has 20 heavy (non-hydrogen) atoms. The number of Topliss-reactive ketones (excluding diaryl/α,β-unsaturated/α-hetero) is 1. The fourth-order valence-corrected chi connectivity index (χ4v) is 3.09. The van der Waals surface area contributed by atoms with Crippen LogP contribution in [0.1, 0.15) is 28.8 Å². The standard InChI is InChI=1S/C17H15NO2/c19-15-8-4-10-18-14-7-1-2-9-16(14)20-11-12-5-3-6-13(15)17(12)18/h1-3,5-7,9H,4,8,10-11H2. The van der Waals surface area contributed by atoms with E-state index in [1.807, 2.05) is 30.3 Å². The van der Waals surface area contributed by atoms with Gasteiger partial charge in [0, 0.05) is 24.1 Å². The van der Waals surface area contributed by atoms with Crippen molar-refractivity contribution in [2.45, 2.75) is 19.4 Å². The predicted molar refractivity (Wildman–Crippen MR) is 77.8 cm³/mol. The lowest BCUT2D eigenvalue weighted by Crippen LogP contribution is -2.18. The van der Waals surface area contributed by atoms with Gasteiger partial charge in [-0.1, -0.05) is 24.3 Å². The van der Waals surface area contributed by atoms with Crippen LogP contribution < -0.4 is 9.64 Å². The van der Waals surface area contributed by atoms with E-state index >= 15 is 0 Å². The topological polar surface area (TPSA) is 29.5 Å². The third-order valence-corrected chi connectivity index (χ3v) is 4.01. The van der Waals surface area contributed by atoms with Gasteiger partial charge in [0.1, 0.15) is 12.4 Å². The fourth-order valence-electron chi connectivity index (χ4n) is 3.09. The minimum Gasteiger partial charge on any atom is -0.487 e. The highest BCUT2D eigenvalue weighted by Crippen LogP contribution is 2.42. The smallest absolute Gasteiger partial charge is 0.165 e. The Balaban J connectivity index is 2.00. The Bertz CT molecular complexity index is 693. The molecule has 0 aliphatic carbocycles. The van der Waals surface area contributed by atoms with Crippen LogP contribution in [0, 0.1) is 0 Å². The molecule has 4 rings (SSSR count). The van der Waals surface area contributed by atoms with E-state index in [9.17, 15) is 4.79 Å². The van der Waals surface area contributed by atoms with Gasteiger partial charge in [0.2, 0.25) is 0 Å². The summed E-state index contributed by atoms with van der Waals surface area (Å²) in [6.45, 7) is 1.38. The van der Waals surface area contributed by atoms with Crippen LogP contribution in [0.5, 0.6) is 5.75 Å². The molecule has 0 aromatic heterocycles. The van der Waals surface area contributed by atoms with Crippen LogP contribution in [-0.4, -0.2) is 12.3 Å². The maximum absolute atomic E-state index is 12.3. The zero-order valence-corrected chi connectivity index (χ0v) is 11.1. The van der Waals surface area contributed by atoms with E-state index in [2.05, 4.69) is 17.0 Å². The van der Waals surface area contributed by atoms with E-state index in [1.165, 1.54) is 0 Å². The van der Waals surface area contributed by atoms with E-state index in [0.717, 1.165) is 41.2 Å². The Hall–Kier alpha value is -2.29. The number of hydrogen-bond donors (Lipinski definition) is 0. The van der Waals surface area contributed by atoms with Gasteiger partial charge < -0.3 is 9.64 Å². The van der Waals surface area contributed by atoms with Gasteiger partial charge in [-0.2, -0.15) is 0 Å². The van der Waals surface area contributed by atoms with E-state index in [1.54, 1.807) is 0 Å². The number of carbonyl (C=O) groups excluding carboxylic acids is 1. The quantitative estimate of drug-likeness (QED) is 0.727. The number of ether oxygens (including phenoxy) is 1. The highest BCUT2D eigenvalue weighted by Gasteiger charge is 2.28. The van der Waals surface area contributed by atoms with Crippen molar-refractivity contribution >= 4 is 17.2 Å². The number of anilines is 2. The summed E-state index contributed by atoms with van der Waals surface area (Å²) in [4.78, 5) is 14.5. The Morgan fingerprint density at radius 1 is 1.05 bits per heavy atom. The first kappa shape index (κ1) is 11.5. The zero-order valence-electron chi connectivity index (χ0n) is 11.1. The number of fused-ring (bicyclic) bond motifs is 2. The summed E-state index contributed by atoms with van der Waals surface area (Å²) in [6, 6.07) is 14.0. The van der Waals surface area contributed by atoms with Gasteiger partial charge in [-0.25, -0.2) is 0 Å².